The summed E-state index contributed by atoms with van der Waals surface area (Å²) in [6.07, 6.45) is 1.11. The second kappa shape index (κ2) is 9.22. The number of phenols is 5. The standard InChI is InChI=1S/C13H10O5.C11H16O/c14-7-1-3-9(11(16)5-7)13(18)10-4-2-8(15)6-12(10)17;1-4-11(2,3)9-5-7-10(12)8-6-9/h1-6,14-17H;5-8,12H,4H2,1-3H3. The summed E-state index contributed by atoms with van der Waals surface area (Å²) < 4.78 is 0. The summed E-state index contributed by atoms with van der Waals surface area (Å²) >= 11 is 0. The highest BCUT2D eigenvalue weighted by Crippen LogP contribution is 2.30. The molecule has 0 aromatic heterocycles. The van der Waals surface area contributed by atoms with Crippen molar-refractivity contribution in [1.29, 1.82) is 0 Å². The van der Waals surface area contributed by atoms with Gasteiger partial charge in [-0.15, -0.1) is 0 Å². The zero-order valence-corrected chi connectivity index (χ0v) is 17.1. The van der Waals surface area contributed by atoms with E-state index >= 15 is 0 Å². The molecule has 0 aliphatic heterocycles. The van der Waals surface area contributed by atoms with Gasteiger partial charge < -0.3 is 25.5 Å². The van der Waals surface area contributed by atoms with Gasteiger partial charge in [-0.2, -0.15) is 0 Å². The van der Waals surface area contributed by atoms with Gasteiger partial charge in [-0.1, -0.05) is 32.9 Å². The molecule has 6 heteroatoms. The van der Waals surface area contributed by atoms with Crippen LogP contribution in [0.2, 0.25) is 0 Å². The van der Waals surface area contributed by atoms with Crippen molar-refractivity contribution in [2.24, 2.45) is 0 Å². The van der Waals surface area contributed by atoms with Gasteiger partial charge in [0.05, 0.1) is 11.1 Å². The highest BCUT2D eigenvalue weighted by Gasteiger charge is 2.18. The van der Waals surface area contributed by atoms with Gasteiger partial charge in [0, 0.05) is 12.1 Å². The Morgan fingerprint density at radius 1 is 0.700 bits per heavy atom. The first-order valence-electron chi connectivity index (χ1n) is 9.43. The smallest absolute Gasteiger partial charge is 0.200 e. The average Bonchev–Trinajstić information content (AvgIpc) is 2.68. The molecule has 0 saturated carbocycles. The maximum atomic E-state index is 12.0. The minimum absolute atomic E-state index is 0.0474. The first kappa shape index (κ1) is 22.6. The van der Waals surface area contributed by atoms with Crippen molar-refractivity contribution in [2.45, 2.75) is 32.6 Å². The number of carbonyl (C=O) groups excluding carboxylic acids is 1. The third kappa shape index (κ3) is 5.44. The highest BCUT2D eigenvalue weighted by molar-refractivity contribution is 6.12. The molecule has 0 saturated heterocycles. The van der Waals surface area contributed by atoms with Crippen LogP contribution in [0.25, 0.3) is 0 Å². The van der Waals surface area contributed by atoms with Crippen molar-refractivity contribution < 1.29 is 30.3 Å². The molecular weight excluding hydrogens is 384 g/mol. The monoisotopic (exact) mass is 410 g/mol. The zero-order valence-electron chi connectivity index (χ0n) is 17.1. The van der Waals surface area contributed by atoms with Crippen molar-refractivity contribution in [1.82, 2.24) is 0 Å². The van der Waals surface area contributed by atoms with E-state index in [4.69, 9.17) is 15.3 Å². The van der Waals surface area contributed by atoms with Crippen molar-refractivity contribution >= 4 is 5.78 Å². The SMILES string of the molecule is CCC(C)(C)c1ccc(O)cc1.O=C(c1ccc(O)cc1O)c1ccc(O)cc1O. The molecule has 5 N–H and O–H groups in total. The molecule has 158 valence electrons. The molecule has 0 amide bonds. The number of carbonyl (C=O) groups is 1. The molecule has 0 radical (unpaired) electrons. The Morgan fingerprint density at radius 3 is 1.47 bits per heavy atom. The predicted molar refractivity (Wildman–Crippen MR) is 114 cm³/mol. The van der Waals surface area contributed by atoms with Crippen molar-refractivity contribution in [2.75, 3.05) is 0 Å². The molecule has 0 fully saturated rings. The highest BCUT2D eigenvalue weighted by atomic mass is 16.3. The Bertz CT molecular complexity index is 969. The van der Waals surface area contributed by atoms with Gasteiger partial charge >= 0.3 is 0 Å². The number of rotatable bonds is 4. The van der Waals surface area contributed by atoms with E-state index < -0.39 is 5.78 Å². The molecule has 0 aliphatic carbocycles. The second-order valence-electron chi connectivity index (χ2n) is 7.52. The number of benzene rings is 3. The molecule has 6 nitrogen and oxygen atoms in total. The number of ketones is 1. The predicted octanol–water partition coefficient (Wildman–Crippen LogP) is 4.82. The third-order valence-electron chi connectivity index (χ3n) is 4.98. The summed E-state index contributed by atoms with van der Waals surface area (Å²) in [5.74, 6) is -1.37. The lowest BCUT2D eigenvalue weighted by atomic mass is 9.82. The summed E-state index contributed by atoms with van der Waals surface area (Å²) in [5.41, 5.74) is 1.40. The lowest BCUT2D eigenvalue weighted by molar-refractivity contribution is 0.103. The number of aromatic hydroxyl groups is 5. The third-order valence-corrected chi connectivity index (χ3v) is 4.98. The van der Waals surface area contributed by atoms with Gasteiger partial charge in [0.2, 0.25) is 0 Å². The van der Waals surface area contributed by atoms with Gasteiger partial charge in [-0.25, -0.2) is 0 Å². The maximum Gasteiger partial charge on any atom is 0.200 e. The molecule has 3 rings (SSSR count). The molecule has 3 aromatic rings. The van der Waals surface area contributed by atoms with Crippen LogP contribution in [-0.4, -0.2) is 31.3 Å². The maximum absolute atomic E-state index is 12.0. The first-order chi connectivity index (χ1) is 14.0. The molecule has 0 unspecified atom stereocenters. The van der Waals surface area contributed by atoms with Gasteiger partial charge in [0.15, 0.2) is 5.78 Å². The topological polar surface area (TPSA) is 118 Å². The summed E-state index contributed by atoms with van der Waals surface area (Å²) in [6, 6.07) is 14.5. The summed E-state index contributed by atoms with van der Waals surface area (Å²) in [7, 11) is 0. The normalized spacial score (nSPS) is 10.8. The summed E-state index contributed by atoms with van der Waals surface area (Å²) in [4.78, 5) is 12.0. The van der Waals surface area contributed by atoms with Gasteiger partial charge in [-0.3, -0.25) is 4.79 Å². The van der Waals surface area contributed by atoms with Gasteiger partial charge in [-0.05, 0) is 53.8 Å². The fraction of sp³-hybridized carbons (Fsp3) is 0.208. The van der Waals surface area contributed by atoms with E-state index in [-0.39, 0.29) is 39.5 Å². The van der Waals surface area contributed by atoms with E-state index in [1.807, 2.05) is 12.1 Å². The first-order valence-corrected chi connectivity index (χ1v) is 9.43. The van der Waals surface area contributed by atoms with Crippen LogP contribution < -0.4 is 0 Å². The zero-order chi connectivity index (χ0) is 22.5. The van der Waals surface area contributed by atoms with Crippen LogP contribution >= 0.6 is 0 Å². The molecular formula is C24H26O6. The lowest BCUT2D eigenvalue weighted by Gasteiger charge is -2.22. The molecule has 0 bridgehead atoms. The van der Waals surface area contributed by atoms with E-state index in [0.717, 1.165) is 18.6 Å². The summed E-state index contributed by atoms with van der Waals surface area (Å²) in [5, 5.41) is 46.5. The number of hydrogen-bond acceptors (Lipinski definition) is 6. The Morgan fingerprint density at radius 2 is 1.10 bits per heavy atom. The summed E-state index contributed by atoms with van der Waals surface area (Å²) in [6.45, 7) is 6.59. The fourth-order valence-corrected chi connectivity index (χ4v) is 2.69. The number of hydrogen-bond donors (Lipinski definition) is 5. The Hall–Kier alpha value is -3.67. The molecule has 0 spiro atoms. The van der Waals surface area contributed by atoms with Crippen LogP contribution in [0.1, 0.15) is 48.7 Å². The van der Waals surface area contributed by atoms with Crippen molar-refractivity contribution in [3.8, 4) is 28.7 Å². The van der Waals surface area contributed by atoms with Crippen LogP contribution in [-0.2, 0) is 5.41 Å². The van der Waals surface area contributed by atoms with Crippen LogP contribution in [0.5, 0.6) is 28.7 Å². The Balaban J connectivity index is 0.000000232. The largest absolute Gasteiger partial charge is 0.508 e. The minimum atomic E-state index is -0.606. The molecule has 0 heterocycles. The second-order valence-corrected chi connectivity index (χ2v) is 7.52. The van der Waals surface area contributed by atoms with E-state index in [2.05, 4.69) is 20.8 Å². The van der Waals surface area contributed by atoms with Crippen LogP contribution in [0, 0.1) is 0 Å². The minimum Gasteiger partial charge on any atom is -0.508 e. The Labute approximate surface area is 175 Å². The molecule has 3 aromatic carbocycles. The van der Waals surface area contributed by atoms with Gasteiger partial charge in [0.1, 0.15) is 28.7 Å². The molecule has 0 atom stereocenters. The molecule has 30 heavy (non-hydrogen) atoms. The quantitative estimate of drug-likeness (QED) is 0.394. The van der Waals surface area contributed by atoms with Crippen LogP contribution in [0.15, 0.2) is 60.7 Å². The van der Waals surface area contributed by atoms with Crippen LogP contribution in [0.4, 0.5) is 0 Å². The Kier molecular flexibility index (Phi) is 6.95. The van der Waals surface area contributed by atoms with Crippen LogP contribution in [0.3, 0.4) is 0 Å². The number of phenolic OH excluding ortho intramolecular Hbond substituents is 5. The van der Waals surface area contributed by atoms with Crippen molar-refractivity contribution in [3.05, 3.63) is 77.4 Å². The van der Waals surface area contributed by atoms with E-state index in [1.54, 1.807) is 12.1 Å². The van der Waals surface area contributed by atoms with Gasteiger partial charge in [0.25, 0.3) is 0 Å². The van der Waals surface area contributed by atoms with Crippen molar-refractivity contribution in [3.63, 3.8) is 0 Å². The average molecular weight is 410 g/mol. The van der Waals surface area contributed by atoms with E-state index in [0.29, 0.717) is 5.75 Å². The lowest BCUT2D eigenvalue weighted by Crippen LogP contribution is -2.14. The van der Waals surface area contributed by atoms with E-state index in [9.17, 15) is 15.0 Å². The fourth-order valence-electron chi connectivity index (χ4n) is 2.69. The van der Waals surface area contributed by atoms with E-state index in [1.165, 1.54) is 29.8 Å². The molecule has 0 aliphatic rings.